The summed E-state index contributed by atoms with van der Waals surface area (Å²) in [5, 5.41) is 0.608. The fraction of sp³-hybridized carbons (Fsp3) is 0.188. The summed E-state index contributed by atoms with van der Waals surface area (Å²) in [5.74, 6) is -0.0400. The highest BCUT2D eigenvalue weighted by atomic mass is 35.5. The maximum atomic E-state index is 12.4. The van der Waals surface area contributed by atoms with Crippen LogP contribution in [0.2, 0.25) is 5.02 Å². The monoisotopic (exact) mass is 288 g/mol. The predicted molar refractivity (Wildman–Crippen MR) is 82.8 cm³/mol. The molecular weight excluding hydrogens is 272 g/mol. The van der Waals surface area contributed by atoms with E-state index >= 15 is 0 Å². The first-order chi connectivity index (χ1) is 9.49. The fourth-order valence-electron chi connectivity index (χ4n) is 2.01. The lowest BCUT2D eigenvalue weighted by atomic mass is 10.1. The number of carbonyl (C=O) groups excluding carboxylic acids is 1. The first-order valence-electron chi connectivity index (χ1n) is 6.34. The molecular formula is C16H17ClN2O. The van der Waals surface area contributed by atoms with Crippen LogP contribution in [0.5, 0.6) is 0 Å². The van der Waals surface area contributed by atoms with Gasteiger partial charge < -0.3 is 10.6 Å². The minimum absolute atomic E-state index is 0.0400. The van der Waals surface area contributed by atoms with Crippen LogP contribution in [-0.2, 0) is 6.54 Å². The minimum Gasteiger partial charge on any atom is -0.399 e. The molecule has 4 heteroatoms. The van der Waals surface area contributed by atoms with Crippen molar-refractivity contribution in [1.82, 2.24) is 4.90 Å². The number of carbonyl (C=O) groups is 1. The highest BCUT2D eigenvalue weighted by molar-refractivity contribution is 6.31. The Bertz CT molecular complexity index is 623. The van der Waals surface area contributed by atoms with Crippen LogP contribution in [0.4, 0.5) is 5.69 Å². The molecule has 2 N–H and O–H groups in total. The van der Waals surface area contributed by atoms with Crippen molar-refractivity contribution in [3.63, 3.8) is 0 Å². The third-order valence-corrected chi connectivity index (χ3v) is 3.65. The Morgan fingerprint density at radius 1 is 1.20 bits per heavy atom. The first kappa shape index (κ1) is 14.4. The Morgan fingerprint density at radius 3 is 2.50 bits per heavy atom. The zero-order chi connectivity index (χ0) is 14.7. The number of anilines is 1. The smallest absolute Gasteiger partial charge is 0.254 e. The van der Waals surface area contributed by atoms with Crippen LogP contribution in [0.15, 0.2) is 42.5 Å². The number of hydrogen-bond donors (Lipinski definition) is 1. The molecule has 1 amide bonds. The number of benzene rings is 2. The highest BCUT2D eigenvalue weighted by Gasteiger charge is 2.15. The molecule has 0 heterocycles. The molecule has 0 bridgehead atoms. The standard InChI is InChI=1S/C16H17ClN2O/c1-11-14(4-3-5-15(11)17)16(20)19(2)10-12-6-8-13(18)9-7-12/h3-9H,10,18H2,1-2H3. The maximum absolute atomic E-state index is 12.4. The molecule has 0 saturated heterocycles. The van der Waals surface area contributed by atoms with Gasteiger partial charge in [-0.05, 0) is 42.3 Å². The minimum atomic E-state index is -0.0400. The third kappa shape index (κ3) is 3.11. The van der Waals surface area contributed by atoms with Gasteiger partial charge in [-0.1, -0.05) is 29.8 Å². The van der Waals surface area contributed by atoms with Crippen LogP contribution >= 0.6 is 11.6 Å². The summed E-state index contributed by atoms with van der Waals surface area (Å²) in [4.78, 5) is 14.1. The highest BCUT2D eigenvalue weighted by Crippen LogP contribution is 2.20. The SMILES string of the molecule is Cc1c(Cl)cccc1C(=O)N(C)Cc1ccc(N)cc1. The lowest BCUT2D eigenvalue weighted by Gasteiger charge is -2.19. The molecule has 0 unspecified atom stereocenters. The van der Waals surface area contributed by atoms with Crippen molar-refractivity contribution in [2.45, 2.75) is 13.5 Å². The number of nitrogen functional groups attached to an aromatic ring is 1. The van der Waals surface area contributed by atoms with Crippen LogP contribution in [0.1, 0.15) is 21.5 Å². The number of halogens is 1. The normalized spacial score (nSPS) is 10.3. The molecule has 3 nitrogen and oxygen atoms in total. The topological polar surface area (TPSA) is 46.3 Å². The molecule has 20 heavy (non-hydrogen) atoms. The van der Waals surface area contributed by atoms with E-state index in [1.807, 2.05) is 31.2 Å². The predicted octanol–water partition coefficient (Wildman–Crippen LogP) is 3.50. The second-order valence-electron chi connectivity index (χ2n) is 4.82. The molecule has 104 valence electrons. The fourth-order valence-corrected chi connectivity index (χ4v) is 2.19. The molecule has 0 aliphatic heterocycles. The van der Waals surface area contributed by atoms with Gasteiger partial charge in [0.25, 0.3) is 5.91 Å². The number of hydrogen-bond acceptors (Lipinski definition) is 2. The van der Waals surface area contributed by atoms with E-state index in [9.17, 15) is 4.79 Å². The molecule has 0 aliphatic rings. The van der Waals surface area contributed by atoms with Crippen LogP contribution in [0.3, 0.4) is 0 Å². The largest absolute Gasteiger partial charge is 0.399 e. The number of rotatable bonds is 3. The summed E-state index contributed by atoms with van der Waals surface area (Å²) in [5.41, 5.74) is 8.85. The van der Waals surface area contributed by atoms with Crippen LogP contribution in [0, 0.1) is 6.92 Å². The summed E-state index contributed by atoms with van der Waals surface area (Å²) in [6, 6.07) is 12.9. The van der Waals surface area contributed by atoms with E-state index in [-0.39, 0.29) is 5.91 Å². The Hall–Kier alpha value is -2.00. The van der Waals surface area contributed by atoms with Gasteiger partial charge in [-0.3, -0.25) is 4.79 Å². The average Bonchev–Trinajstić information content (AvgIpc) is 2.43. The summed E-state index contributed by atoms with van der Waals surface area (Å²) in [6.45, 7) is 2.39. The van der Waals surface area contributed by atoms with Gasteiger partial charge in [-0.2, -0.15) is 0 Å². The van der Waals surface area contributed by atoms with Crippen molar-refractivity contribution in [2.75, 3.05) is 12.8 Å². The molecule has 0 fully saturated rings. The maximum Gasteiger partial charge on any atom is 0.254 e. The van der Waals surface area contributed by atoms with Gasteiger partial charge in [0.2, 0.25) is 0 Å². The van der Waals surface area contributed by atoms with Gasteiger partial charge in [0.1, 0.15) is 0 Å². The molecule has 0 spiro atoms. The van der Waals surface area contributed by atoms with E-state index in [1.165, 1.54) is 0 Å². The summed E-state index contributed by atoms with van der Waals surface area (Å²) in [6.07, 6.45) is 0. The number of amides is 1. The second-order valence-corrected chi connectivity index (χ2v) is 5.22. The summed E-state index contributed by atoms with van der Waals surface area (Å²) in [7, 11) is 1.78. The summed E-state index contributed by atoms with van der Waals surface area (Å²) >= 11 is 6.06. The van der Waals surface area contributed by atoms with Gasteiger partial charge in [0.15, 0.2) is 0 Å². The second kappa shape index (κ2) is 5.97. The van der Waals surface area contributed by atoms with E-state index < -0.39 is 0 Å². The lowest BCUT2D eigenvalue weighted by Crippen LogP contribution is -2.26. The van der Waals surface area contributed by atoms with Crippen molar-refractivity contribution in [1.29, 1.82) is 0 Å². The number of nitrogens with two attached hydrogens (primary N) is 1. The molecule has 2 aromatic rings. The Labute approximate surface area is 124 Å². The van der Waals surface area contributed by atoms with Crippen molar-refractivity contribution >= 4 is 23.2 Å². The molecule has 0 atom stereocenters. The molecule has 2 aromatic carbocycles. The van der Waals surface area contributed by atoms with E-state index in [4.69, 9.17) is 17.3 Å². The van der Waals surface area contributed by atoms with E-state index in [0.717, 1.165) is 11.1 Å². The molecule has 2 rings (SSSR count). The van der Waals surface area contributed by atoms with Crippen LogP contribution < -0.4 is 5.73 Å². The zero-order valence-electron chi connectivity index (χ0n) is 11.6. The van der Waals surface area contributed by atoms with Gasteiger partial charge in [0, 0.05) is 29.9 Å². The Morgan fingerprint density at radius 2 is 1.85 bits per heavy atom. The molecule has 0 aromatic heterocycles. The summed E-state index contributed by atoms with van der Waals surface area (Å²) < 4.78 is 0. The van der Waals surface area contributed by atoms with E-state index in [2.05, 4.69) is 0 Å². The Kier molecular flexibility index (Phi) is 4.30. The van der Waals surface area contributed by atoms with Crippen molar-refractivity contribution in [3.05, 3.63) is 64.2 Å². The molecule has 0 radical (unpaired) electrons. The van der Waals surface area contributed by atoms with Gasteiger partial charge in [-0.15, -0.1) is 0 Å². The third-order valence-electron chi connectivity index (χ3n) is 3.24. The van der Waals surface area contributed by atoms with Crippen LogP contribution in [-0.4, -0.2) is 17.9 Å². The molecule has 0 saturated carbocycles. The van der Waals surface area contributed by atoms with Crippen molar-refractivity contribution in [3.8, 4) is 0 Å². The van der Waals surface area contributed by atoms with Crippen LogP contribution in [0.25, 0.3) is 0 Å². The van der Waals surface area contributed by atoms with Crippen molar-refractivity contribution < 1.29 is 4.79 Å². The van der Waals surface area contributed by atoms with Crippen molar-refractivity contribution in [2.24, 2.45) is 0 Å². The lowest BCUT2D eigenvalue weighted by molar-refractivity contribution is 0.0784. The van der Waals surface area contributed by atoms with Gasteiger partial charge in [0.05, 0.1) is 0 Å². The van der Waals surface area contributed by atoms with Gasteiger partial charge in [-0.25, -0.2) is 0 Å². The van der Waals surface area contributed by atoms with E-state index in [0.29, 0.717) is 22.8 Å². The van der Waals surface area contributed by atoms with Gasteiger partial charge >= 0.3 is 0 Å². The van der Waals surface area contributed by atoms with E-state index in [1.54, 1.807) is 30.1 Å². The number of nitrogens with zero attached hydrogens (tertiary/aromatic N) is 1. The quantitative estimate of drug-likeness (QED) is 0.879. The average molecular weight is 289 g/mol. The molecule has 0 aliphatic carbocycles. The Balaban J connectivity index is 2.16. The first-order valence-corrected chi connectivity index (χ1v) is 6.72. The zero-order valence-corrected chi connectivity index (χ0v) is 12.3.